The number of carbonyl (C=O) groups is 2. The second-order valence-electron chi connectivity index (χ2n) is 3.67. The Labute approximate surface area is 137 Å². The molecule has 0 fully saturated rings. The standard InChI is InChI=1S/C7H7BrN2O.C6H4BrNO2/c1-9-7(11)5-2-6(8)4-10-3-5;7-5-1-4(6(9)10)2-8-3-5/h2-4H,1H3,(H,9,11);1-3H,(H,9,10). The van der Waals surface area contributed by atoms with Crippen molar-refractivity contribution in [3.8, 4) is 0 Å². The SMILES string of the molecule is CNC(=O)c1cncc(Br)c1.O=C(O)c1cncc(Br)c1. The van der Waals surface area contributed by atoms with Crippen LogP contribution in [0.5, 0.6) is 0 Å². The van der Waals surface area contributed by atoms with E-state index in [1.54, 1.807) is 19.3 Å². The number of amides is 1. The van der Waals surface area contributed by atoms with E-state index in [1.165, 1.54) is 24.7 Å². The first-order valence-electron chi connectivity index (χ1n) is 5.60. The topological polar surface area (TPSA) is 92.2 Å². The maximum Gasteiger partial charge on any atom is 0.337 e. The van der Waals surface area contributed by atoms with Crippen molar-refractivity contribution in [1.29, 1.82) is 0 Å². The van der Waals surface area contributed by atoms with Crippen molar-refractivity contribution in [2.24, 2.45) is 0 Å². The Morgan fingerprint density at radius 1 is 1.00 bits per heavy atom. The largest absolute Gasteiger partial charge is 0.478 e. The van der Waals surface area contributed by atoms with Crippen LogP contribution in [0, 0.1) is 0 Å². The third kappa shape index (κ3) is 6.01. The van der Waals surface area contributed by atoms with Crippen LogP contribution in [0.25, 0.3) is 0 Å². The van der Waals surface area contributed by atoms with E-state index in [1.807, 2.05) is 0 Å². The molecule has 2 aromatic rings. The van der Waals surface area contributed by atoms with Gasteiger partial charge in [-0.2, -0.15) is 0 Å². The predicted octanol–water partition coefficient (Wildman–Crippen LogP) is 2.75. The highest BCUT2D eigenvalue weighted by atomic mass is 79.9. The summed E-state index contributed by atoms with van der Waals surface area (Å²) >= 11 is 6.32. The lowest BCUT2D eigenvalue weighted by Crippen LogP contribution is -2.17. The van der Waals surface area contributed by atoms with E-state index in [9.17, 15) is 9.59 Å². The maximum absolute atomic E-state index is 11.0. The molecule has 0 atom stereocenters. The summed E-state index contributed by atoms with van der Waals surface area (Å²) < 4.78 is 1.48. The summed E-state index contributed by atoms with van der Waals surface area (Å²) in [6, 6.07) is 3.21. The minimum atomic E-state index is -0.964. The van der Waals surface area contributed by atoms with Crippen molar-refractivity contribution < 1.29 is 14.7 Å². The average molecular weight is 417 g/mol. The molecule has 0 aromatic carbocycles. The van der Waals surface area contributed by atoms with Crippen molar-refractivity contribution in [3.05, 3.63) is 57.0 Å². The molecule has 0 aliphatic carbocycles. The molecule has 2 rings (SSSR count). The second-order valence-corrected chi connectivity index (χ2v) is 5.50. The minimum absolute atomic E-state index is 0.126. The average Bonchev–Trinajstić information content (AvgIpc) is 2.47. The zero-order chi connectivity index (χ0) is 15.8. The molecule has 2 heterocycles. The van der Waals surface area contributed by atoms with Gasteiger partial charge in [0.25, 0.3) is 5.91 Å². The van der Waals surface area contributed by atoms with Crippen molar-refractivity contribution >= 4 is 43.7 Å². The molecule has 110 valence electrons. The molecule has 0 saturated heterocycles. The minimum Gasteiger partial charge on any atom is -0.478 e. The Morgan fingerprint density at radius 3 is 1.86 bits per heavy atom. The number of carboxylic acid groups (broad SMARTS) is 1. The van der Waals surface area contributed by atoms with Gasteiger partial charge in [-0.3, -0.25) is 14.8 Å². The van der Waals surface area contributed by atoms with Crippen LogP contribution in [0.2, 0.25) is 0 Å². The summed E-state index contributed by atoms with van der Waals surface area (Å²) in [4.78, 5) is 28.8. The van der Waals surface area contributed by atoms with Gasteiger partial charge in [0.15, 0.2) is 0 Å². The Morgan fingerprint density at radius 2 is 1.48 bits per heavy atom. The van der Waals surface area contributed by atoms with Crippen LogP contribution in [0.1, 0.15) is 20.7 Å². The molecular formula is C13H11Br2N3O3. The molecule has 2 aromatic heterocycles. The first kappa shape index (κ1) is 17.3. The van der Waals surface area contributed by atoms with E-state index >= 15 is 0 Å². The predicted molar refractivity (Wildman–Crippen MR) is 84.2 cm³/mol. The Balaban J connectivity index is 0.000000211. The zero-order valence-corrected chi connectivity index (χ0v) is 14.1. The number of carbonyl (C=O) groups excluding carboxylic acids is 1. The van der Waals surface area contributed by atoms with Crippen molar-refractivity contribution in [2.75, 3.05) is 7.05 Å². The molecule has 0 unspecified atom stereocenters. The molecule has 2 N–H and O–H groups in total. The number of rotatable bonds is 2. The number of carboxylic acids is 1. The Hall–Kier alpha value is -1.80. The first-order chi connectivity index (χ1) is 9.93. The Kier molecular flexibility index (Phi) is 6.97. The highest BCUT2D eigenvalue weighted by Gasteiger charge is 2.02. The molecule has 21 heavy (non-hydrogen) atoms. The van der Waals surface area contributed by atoms with Gasteiger partial charge in [0.1, 0.15) is 0 Å². The van der Waals surface area contributed by atoms with Gasteiger partial charge in [-0.1, -0.05) is 0 Å². The number of nitrogens with one attached hydrogen (secondary N) is 1. The third-order valence-electron chi connectivity index (χ3n) is 2.15. The normalized spacial score (nSPS) is 9.29. The van der Waals surface area contributed by atoms with Gasteiger partial charge in [0.2, 0.25) is 0 Å². The monoisotopic (exact) mass is 415 g/mol. The second kappa shape index (κ2) is 8.48. The smallest absolute Gasteiger partial charge is 0.337 e. The number of pyridine rings is 2. The van der Waals surface area contributed by atoms with Gasteiger partial charge in [0.05, 0.1) is 11.1 Å². The molecule has 0 aliphatic rings. The van der Waals surface area contributed by atoms with Crippen molar-refractivity contribution in [3.63, 3.8) is 0 Å². The summed E-state index contributed by atoms with van der Waals surface area (Å²) in [6.45, 7) is 0. The van der Waals surface area contributed by atoms with Crippen LogP contribution < -0.4 is 5.32 Å². The summed E-state index contributed by atoms with van der Waals surface area (Å²) in [5.74, 6) is -1.09. The first-order valence-corrected chi connectivity index (χ1v) is 7.19. The molecule has 0 bridgehead atoms. The highest BCUT2D eigenvalue weighted by molar-refractivity contribution is 9.10. The molecule has 1 amide bonds. The molecule has 8 heteroatoms. The highest BCUT2D eigenvalue weighted by Crippen LogP contribution is 2.09. The van der Waals surface area contributed by atoms with Crippen molar-refractivity contribution in [2.45, 2.75) is 0 Å². The molecule has 0 aliphatic heterocycles. The number of hydrogen-bond donors (Lipinski definition) is 2. The number of halogens is 2. The number of aromatic carboxylic acids is 1. The number of hydrogen-bond acceptors (Lipinski definition) is 4. The van der Waals surface area contributed by atoms with Crippen LogP contribution in [0.15, 0.2) is 45.9 Å². The van der Waals surface area contributed by atoms with Crippen LogP contribution in [0.3, 0.4) is 0 Å². The fourth-order valence-corrected chi connectivity index (χ4v) is 1.94. The van der Waals surface area contributed by atoms with Crippen LogP contribution in [-0.4, -0.2) is 34.0 Å². The molecule has 0 radical (unpaired) electrons. The van der Waals surface area contributed by atoms with E-state index in [0.29, 0.717) is 10.0 Å². The number of nitrogens with zero attached hydrogens (tertiary/aromatic N) is 2. The van der Waals surface area contributed by atoms with E-state index < -0.39 is 5.97 Å². The quantitative estimate of drug-likeness (QED) is 0.785. The lowest BCUT2D eigenvalue weighted by atomic mass is 10.3. The van der Waals surface area contributed by atoms with Crippen LogP contribution in [-0.2, 0) is 0 Å². The number of aromatic nitrogens is 2. The fourth-order valence-electron chi connectivity index (χ4n) is 1.21. The van der Waals surface area contributed by atoms with Gasteiger partial charge in [-0.25, -0.2) is 4.79 Å². The molecule has 0 spiro atoms. The summed E-state index contributed by atoms with van der Waals surface area (Å²) in [6.07, 6.45) is 5.98. The summed E-state index contributed by atoms with van der Waals surface area (Å²) in [5, 5.41) is 11.0. The summed E-state index contributed by atoms with van der Waals surface area (Å²) in [7, 11) is 1.59. The third-order valence-corrected chi connectivity index (χ3v) is 3.01. The molecule has 6 nitrogen and oxygen atoms in total. The van der Waals surface area contributed by atoms with E-state index in [4.69, 9.17) is 5.11 Å². The van der Waals surface area contributed by atoms with Gasteiger partial charge >= 0.3 is 5.97 Å². The van der Waals surface area contributed by atoms with Gasteiger partial charge in [-0.15, -0.1) is 0 Å². The fraction of sp³-hybridized carbons (Fsp3) is 0.0769. The summed E-state index contributed by atoms with van der Waals surface area (Å²) in [5.41, 5.74) is 0.747. The van der Waals surface area contributed by atoms with Gasteiger partial charge in [-0.05, 0) is 44.0 Å². The lowest BCUT2D eigenvalue weighted by Gasteiger charge is -1.97. The molecule has 0 saturated carbocycles. The van der Waals surface area contributed by atoms with E-state index in [-0.39, 0.29) is 11.5 Å². The van der Waals surface area contributed by atoms with Crippen LogP contribution in [0.4, 0.5) is 0 Å². The van der Waals surface area contributed by atoms with Gasteiger partial charge in [0, 0.05) is 40.8 Å². The molecular weight excluding hydrogens is 406 g/mol. The van der Waals surface area contributed by atoms with E-state index in [0.717, 1.165) is 4.47 Å². The van der Waals surface area contributed by atoms with Gasteiger partial charge < -0.3 is 10.4 Å². The lowest BCUT2D eigenvalue weighted by molar-refractivity contribution is 0.0696. The maximum atomic E-state index is 11.0. The van der Waals surface area contributed by atoms with Crippen LogP contribution >= 0.6 is 31.9 Å². The zero-order valence-electron chi connectivity index (χ0n) is 10.9. The van der Waals surface area contributed by atoms with Crippen molar-refractivity contribution in [1.82, 2.24) is 15.3 Å². The Bertz CT molecular complexity index is 650. The van der Waals surface area contributed by atoms with E-state index in [2.05, 4.69) is 47.1 Å².